The molecule has 94 valence electrons. The first-order valence-electron chi connectivity index (χ1n) is 6.56. The van der Waals surface area contributed by atoms with Gasteiger partial charge in [-0.15, -0.1) is 0 Å². The molecule has 3 rings (SSSR count). The van der Waals surface area contributed by atoms with Crippen LogP contribution in [0, 0.1) is 12.8 Å². The zero-order chi connectivity index (χ0) is 12.5. The Kier molecular flexibility index (Phi) is 2.92. The molecule has 0 bridgehead atoms. The van der Waals surface area contributed by atoms with Crippen LogP contribution in [0.1, 0.15) is 35.8 Å². The molecule has 0 spiro atoms. The van der Waals surface area contributed by atoms with Gasteiger partial charge >= 0.3 is 0 Å². The van der Waals surface area contributed by atoms with Gasteiger partial charge in [0.2, 0.25) is 0 Å². The van der Waals surface area contributed by atoms with Gasteiger partial charge in [0.1, 0.15) is 0 Å². The van der Waals surface area contributed by atoms with Gasteiger partial charge in [-0.25, -0.2) is 0 Å². The summed E-state index contributed by atoms with van der Waals surface area (Å²) in [6, 6.07) is 8.49. The second kappa shape index (κ2) is 4.58. The molecule has 1 unspecified atom stereocenters. The summed E-state index contributed by atoms with van der Waals surface area (Å²) in [6.45, 7) is 2.84. The van der Waals surface area contributed by atoms with Crippen LogP contribution in [0.4, 0.5) is 0 Å². The largest absolute Gasteiger partial charge is 0.348 e. The predicted octanol–water partition coefficient (Wildman–Crippen LogP) is 2.65. The molecular weight excluding hydrogens is 222 g/mol. The molecule has 2 heterocycles. The maximum absolute atomic E-state index is 6.20. The van der Waals surface area contributed by atoms with Gasteiger partial charge < -0.3 is 10.3 Å². The van der Waals surface area contributed by atoms with Crippen molar-refractivity contribution in [3.8, 4) is 0 Å². The Morgan fingerprint density at radius 3 is 2.94 bits per heavy atom. The molecule has 1 aliphatic rings. The Hall–Kier alpha value is -1.61. The van der Waals surface area contributed by atoms with Gasteiger partial charge in [0.25, 0.3) is 0 Å². The smallest absolute Gasteiger partial charge is 0.0642 e. The van der Waals surface area contributed by atoms with Crippen LogP contribution >= 0.6 is 0 Å². The van der Waals surface area contributed by atoms with Gasteiger partial charge in [0.15, 0.2) is 0 Å². The van der Waals surface area contributed by atoms with Gasteiger partial charge in [0, 0.05) is 24.1 Å². The predicted molar refractivity (Wildman–Crippen MR) is 72.2 cm³/mol. The number of nitrogens with zero attached hydrogens (tertiary/aromatic N) is 2. The molecular formula is C15H19N3. The van der Waals surface area contributed by atoms with Gasteiger partial charge in [-0.2, -0.15) is 0 Å². The lowest BCUT2D eigenvalue weighted by Gasteiger charge is -2.07. The summed E-state index contributed by atoms with van der Waals surface area (Å²) in [5, 5.41) is 0. The second-order valence-corrected chi connectivity index (χ2v) is 5.25. The summed E-state index contributed by atoms with van der Waals surface area (Å²) < 4.78 is 2.17. The first-order chi connectivity index (χ1) is 8.72. The lowest BCUT2D eigenvalue weighted by molar-refractivity contribution is 0.630. The molecule has 0 saturated heterocycles. The van der Waals surface area contributed by atoms with E-state index in [1.165, 1.54) is 18.4 Å². The first-order valence-corrected chi connectivity index (χ1v) is 6.56. The fourth-order valence-corrected chi connectivity index (χ4v) is 2.36. The normalized spacial score (nSPS) is 16.8. The fourth-order valence-electron chi connectivity index (χ4n) is 2.36. The van der Waals surface area contributed by atoms with E-state index >= 15 is 0 Å². The number of aryl methyl sites for hydroxylation is 1. The van der Waals surface area contributed by atoms with Crippen molar-refractivity contribution >= 4 is 0 Å². The zero-order valence-corrected chi connectivity index (χ0v) is 10.7. The highest BCUT2D eigenvalue weighted by atomic mass is 15.0. The van der Waals surface area contributed by atoms with Crippen molar-refractivity contribution < 1.29 is 0 Å². The second-order valence-electron chi connectivity index (χ2n) is 5.25. The van der Waals surface area contributed by atoms with E-state index in [0.717, 1.165) is 17.9 Å². The minimum atomic E-state index is 0.219. The van der Waals surface area contributed by atoms with Crippen molar-refractivity contribution in [2.24, 2.45) is 11.7 Å². The summed E-state index contributed by atoms with van der Waals surface area (Å²) in [5.74, 6) is 0.706. The molecule has 2 aromatic rings. The Morgan fingerprint density at radius 2 is 2.22 bits per heavy atom. The summed E-state index contributed by atoms with van der Waals surface area (Å²) in [6.07, 6.45) is 6.83. The molecule has 1 atom stereocenters. The number of pyridine rings is 1. The van der Waals surface area contributed by atoms with Gasteiger partial charge in [-0.1, -0.05) is 6.07 Å². The lowest BCUT2D eigenvalue weighted by Crippen LogP contribution is -2.11. The average molecular weight is 241 g/mol. The summed E-state index contributed by atoms with van der Waals surface area (Å²) in [7, 11) is 0. The van der Waals surface area contributed by atoms with E-state index in [0.29, 0.717) is 5.92 Å². The summed E-state index contributed by atoms with van der Waals surface area (Å²) in [5.41, 5.74) is 9.62. The molecule has 18 heavy (non-hydrogen) atoms. The molecule has 2 N–H and O–H groups in total. The number of rotatable bonds is 4. The van der Waals surface area contributed by atoms with Crippen molar-refractivity contribution in [2.75, 3.05) is 0 Å². The summed E-state index contributed by atoms with van der Waals surface area (Å²) in [4.78, 5) is 4.52. The Labute approximate surface area is 108 Å². The van der Waals surface area contributed by atoms with Gasteiger partial charge in [-0.3, -0.25) is 4.98 Å². The zero-order valence-electron chi connectivity index (χ0n) is 10.7. The number of hydrogen-bond donors (Lipinski definition) is 1. The van der Waals surface area contributed by atoms with E-state index in [4.69, 9.17) is 5.73 Å². The highest BCUT2D eigenvalue weighted by molar-refractivity contribution is 5.19. The van der Waals surface area contributed by atoms with E-state index < -0.39 is 0 Å². The van der Waals surface area contributed by atoms with E-state index in [-0.39, 0.29) is 6.04 Å². The third-order valence-corrected chi connectivity index (χ3v) is 3.58. The Morgan fingerprint density at radius 1 is 1.39 bits per heavy atom. The van der Waals surface area contributed by atoms with Crippen LogP contribution in [-0.4, -0.2) is 9.55 Å². The minimum Gasteiger partial charge on any atom is -0.348 e. The lowest BCUT2D eigenvalue weighted by atomic mass is 10.1. The molecule has 1 saturated carbocycles. The van der Waals surface area contributed by atoms with Crippen LogP contribution in [0.25, 0.3) is 0 Å². The van der Waals surface area contributed by atoms with Crippen molar-refractivity contribution in [3.63, 3.8) is 0 Å². The third-order valence-electron chi connectivity index (χ3n) is 3.58. The molecule has 1 aliphatic carbocycles. The molecule has 0 amide bonds. The molecule has 1 fully saturated rings. The molecule has 0 aromatic carbocycles. The Balaban J connectivity index is 1.73. The van der Waals surface area contributed by atoms with Crippen molar-refractivity contribution in [3.05, 3.63) is 53.6 Å². The first kappa shape index (κ1) is 11.5. The van der Waals surface area contributed by atoms with Crippen LogP contribution in [0.3, 0.4) is 0 Å². The van der Waals surface area contributed by atoms with Gasteiger partial charge in [-0.05, 0) is 49.4 Å². The monoisotopic (exact) mass is 241 g/mol. The molecule has 3 nitrogen and oxygen atoms in total. The molecule has 2 aromatic heterocycles. The number of hydrogen-bond acceptors (Lipinski definition) is 2. The van der Waals surface area contributed by atoms with E-state index in [1.54, 1.807) is 0 Å². The topological polar surface area (TPSA) is 43.8 Å². The van der Waals surface area contributed by atoms with Crippen LogP contribution in [0.5, 0.6) is 0 Å². The minimum absolute atomic E-state index is 0.219. The maximum Gasteiger partial charge on any atom is 0.0642 e. The van der Waals surface area contributed by atoms with Crippen LogP contribution in [-0.2, 0) is 6.54 Å². The van der Waals surface area contributed by atoms with Crippen LogP contribution in [0.2, 0.25) is 0 Å². The number of nitrogens with two attached hydrogens (primary N) is 1. The highest BCUT2D eigenvalue weighted by Gasteiger charge is 2.29. The standard InChI is InChI=1S/C15H19N3/c1-11-3-2-4-14(17-11)10-18-8-7-13(9-18)15(16)12-5-6-12/h2-4,7-9,12,15H,5-6,10,16H2,1H3. The highest BCUT2D eigenvalue weighted by Crippen LogP contribution is 2.39. The van der Waals surface area contributed by atoms with E-state index in [9.17, 15) is 0 Å². The SMILES string of the molecule is Cc1cccc(Cn2ccc(C(N)C3CC3)c2)n1. The quantitative estimate of drug-likeness (QED) is 0.894. The van der Waals surface area contributed by atoms with Crippen molar-refractivity contribution in [2.45, 2.75) is 32.4 Å². The maximum atomic E-state index is 6.20. The molecule has 3 heteroatoms. The van der Waals surface area contributed by atoms with Crippen molar-refractivity contribution in [1.29, 1.82) is 0 Å². The fraction of sp³-hybridized carbons (Fsp3) is 0.400. The van der Waals surface area contributed by atoms with E-state index in [1.807, 2.05) is 13.0 Å². The van der Waals surface area contributed by atoms with Gasteiger partial charge in [0.05, 0.1) is 12.2 Å². The average Bonchev–Trinajstić information content (AvgIpc) is 3.09. The third kappa shape index (κ3) is 2.46. The van der Waals surface area contributed by atoms with Crippen LogP contribution < -0.4 is 5.73 Å². The van der Waals surface area contributed by atoms with Crippen LogP contribution in [0.15, 0.2) is 36.7 Å². The number of aromatic nitrogens is 2. The van der Waals surface area contributed by atoms with E-state index in [2.05, 4.69) is 40.1 Å². The van der Waals surface area contributed by atoms with Crippen molar-refractivity contribution in [1.82, 2.24) is 9.55 Å². The Bertz CT molecular complexity index is 540. The summed E-state index contributed by atoms with van der Waals surface area (Å²) >= 11 is 0. The molecule has 0 radical (unpaired) electrons. The molecule has 0 aliphatic heterocycles.